The molecule has 2 heterocycles. The Balaban J connectivity index is 1.14. The monoisotopic (exact) mass is 666 g/mol. The fraction of sp³-hybridized carbons (Fsp3) is 0.909. The van der Waals surface area contributed by atoms with Gasteiger partial charge in [0, 0.05) is 49.2 Å². The van der Waals surface area contributed by atoms with Gasteiger partial charge in [-0.25, -0.2) is 10.9 Å². The van der Waals surface area contributed by atoms with Gasteiger partial charge in [-0.15, -0.1) is 11.6 Å². The molecule has 0 aromatic heterocycles. The number of fused-ring (bicyclic) bond motifs is 3. The maximum Gasteiger partial charge on any atom is 0.223 e. The van der Waals surface area contributed by atoms with E-state index in [1.807, 2.05) is 20.2 Å². The van der Waals surface area contributed by atoms with Crippen molar-refractivity contribution in [1.82, 2.24) is 26.4 Å². The lowest BCUT2D eigenvalue weighted by Gasteiger charge is -2.44. The van der Waals surface area contributed by atoms with E-state index >= 15 is 0 Å². The van der Waals surface area contributed by atoms with E-state index in [2.05, 4.69) is 33.3 Å². The van der Waals surface area contributed by atoms with Crippen molar-refractivity contribution in [2.24, 2.45) is 22.7 Å². The molecule has 3 aliphatic carbocycles. The van der Waals surface area contributed by atoms with Gasteiger partial charge in [-0.3, -0.25) is 19.5 Å². The van der Waals surface area contributed by atoms with Gasteiger partial charge in [-0.2, -0.15) is 0 Å². The molecule has 12 heteroatoms. The summed E-state index contributed by atoms with van der Waals surface area (Å²) in [6, 6.07) is 0.190. The number of amides is 2. The summed E-state index contributed by atoms with van der Waals surface area (Å²) in [4.78, 5) is 44.7. The number of methoxy groups -OCH3 is 1. The SMILES string of the molecule is COC1CCC2C(C1)C(C1CCC(Cl)CC1)=N[C@@H](CC(=O)NCCCCNC(=O)C1CCCC([Si](C)(C)O)C1)C1NNC(C)N21. The Morgan fingerprint density at radius 1 is 1.02 bits per heavy atom. The predicted molar refractivity (Wildman–Crippen MR) is 181 cm³/mol. The largest absolute Gasteiger partial charge is 0.432 e. The van der Waals surface area contributed by atoms with E-state index in [-0.39, 0.29) is 47.6 Å². The molecule has 3 saturated carbocycles. The highest BCUT2D eigenvalue weighted by Gasteiger charge is 2.50. The Hall–Kier alpha value is -1.08. The molecular formula is C33H59ClN6O4Si. The number of hydrazine groups is 1. The summed E-state index contributed by atoms with van der Waals surface area (Å²) >= 11 is 6.51. The van der Waals surface area contributed by atoms with Crippen molar-refractivity contribution in [3.63, 3.8) is 0 Å². The number of carbonyl (C=O) groups excluding carboxylic acids is 2. The van der Waals surface area contributed by atoms with Gasteiger partial charge < -0.3 is 20.2 Å². The van der Waals surface area contributed by atoms with Crippen LogP contribution >= 0.6 is 11.6 Å². The van der Waals surface area contributed by atoms with Crippen LogP contribution in [-0.4, -0.2) is 91.6 Å². The van der Waals surface area contributed by atoms with Gasteiger partial charge in [0.05, 0.1) is 30.9 Å². The number of hydrogen-bond acceptors (Lipinski definition) is 8. The van der Waals surface area contributed by atoms with E-state index in [4.69, 9.17) is 21.3 Å². The fourth-order valence-electron chi connectivity index (χ4n) is 8.83. The van der Waals surface area contributed by atoms with Crippen LogP contribution in [0.1, 0.15) is 96.8 Å². The van der Waals surface area contributed by atoms with Gasteiger partial charge >= 0.3 is 0 Å². The molecule has 0 radical (unpaired) electrons. The molecule has 5 aliphatic rings. The molecule has 256 valence electrons. The van der Waals surface area contributed by atoms with Gasteiger partial charge in [0.1, 0.15) is 0 Å². The number of carbonyl (C=O) groups is 2. The highest BCUT2D eigenvalue weighted by molar-refractivity contribution is 6.71. The van der Waals surface area contributed by atoms with Crippen LogP contribution in [0, 0.1) is 17.8 Å². The van der Waals surface area contributed by atoms with Crippen LogP contribution in [0.5, 0.6) is 0 Å². The standard InChI is InChI=1S/C33H59ClN6O4Si/c1-21-38-39-32-28(20-30(41)35-16-5-6-17-36-33(42)23-8-7-9-26(18-23)45(3,4)43)37-31(22-10-12-24(34)13-11-22)27-19-25(44-2)14-15-29(27)40(21)32/h21-29,32,38-39,43H,5-20H2,1-4H3,(H,35,41)(H,36,42)/t21?,22?,23?,24?,25?,26?,27?,28-,29?,32?/m0/s1. The summed E-state index contributed by atoms with van der Waals surface area (Å²) in [7, 11) is -0.382. The van der Waals surface area contributed by atoms with Crippen LogP contribution in [0.3, 0.4) is 0 Å². The number of hydrogen-bond donors (Lipinski definition) is 5. The zero-order chi connectivity index (χ0) is 32.1. The van der Waals surface area contributed by atoms with E-state index in [1.165, 1.54) is 5.71 Å². The number of halogens is 1. The summed E-state index contributed by atoms with van der Waals surface area (Å²) in [5, 5.41) is 6.51. The quantitative estimate of drug-likeness (QED) is 0.128. The minimum absolute atomic E-state index is 0.0163. The van der Waals surface area contributed by atoms with Gasteiger partial charge in [0.25, 0.3) is 0 Å². The lowest BCUT2D eigenvalue weighted by atomic mass is 9.72. The molecule has 2 aliphatic heterocycles. The number of alkyl halides is 1. The second-order valence-corrected chi connectivity index (χ2v) is 19.8. The normalized spacial score (nSPS) is 37.6. The van der Waals surface area contributed by atoms with E-state index in [0.29, 0.717) is 42.9 Å². The molecule has 0 aromatic carbocycles. The van der Waals surface area contributed by atoms with Crippen molar-refractivity contribution in [1.29, 1.82) is 0 Å². The number of nitrogens with one attached hydrogen (secondary N) is 4. The van der Waals surface area contributed by atoms with Crippen molar-refractivity contribution in [3.8, 4) is 0 Å². The van der Waals surface area contributed by atoms with Gasteiger partial charge in [0.2, 0.25) is 11.8 Å². The molecule has 0 spiro atoms. The zero-order valence-corrected chi connectivity index (χ0v) is 29.8. The van der Waals surface area contributed by atoms with E-state index in [1.54, 1.807) is 0 Å². The Bertz CT molecular complexity index is 1040. The smallest absolute Gasteiger partial charge is 0.223 e. The highest BCUT2D eigenvalue weighted by atomic mass is 35.5. The first-order chi connectivity index (χ1) is 21.5. The first-order valence-electron chi connectivity index (χ1n) is 17.8. The maximum absolute atomic E-state index is 13.3. The third kappa shape index (κ3) is 8.89. The van der Waals surface area contributed by atoms with Crippen molar-refractivity contribution >= 4 is 37.4 Å². The van der Waals surface area contributed by atoms with Crippen molar-refractivity contribution < 1.29 is 19.1 Å². The Kier molecular flexibility index (Phi) is 12.4. The predicted octanol–water partition coefficient (Wildman–Crippen LogP) is 4.03. The molecule has 2 amide bonds. The second-order valence-electron chi connectivity index (χ2n) is 15.0. The molecule has 0 bridgehead atoms. The van der Waals surface area contributed by atoms with Gasteiger partial charge in [-0.1, -0.05) is 12.8 Å². The maximum atomic E-state index is 13.3. The number of rotatable bonds is 11. The number of aliphatic imine (C=N–C) groups is 1. The lowest BCUT2D eigenvalue weighted by molar-refractivity contribution is -0.126. The minimum Gasteiger partial charge on any atom is -0.432 e. The minimum atomic E-state index is -2.21. The van der Waals surface area contributed by atoms with E-state index in [9.17, 15) is 14.4 Å². The molecule has 0 aromatic rings. The Labute approximate surface area is 276 Å². The van der Waals surface area contributed by atoms with Crippen LogP contribution in [0.15, 0.2) is 4.99 Å². The van der Waals surface area contributed by atoms with Crippen molar-refractivity contribution in [3.05, 3.63) is 0 Å². The average molecular weight is 667 g/mol. The second kappa shape index (κ2) is 15.9. The van der Waals surface area contributed by atoms with Crippen molar-refractivity contribution in [2.75, 3.05) is 20.2 Å². The molecule has 8 atom stereocenters. The number of nitrogens with zero attached hydrogens (tertiary/aromatic N) is 2. The summed E-state index contributed by atoms with van der Waals surface area (Å²) in [6.07, 6.45) is 13.4. The molecule has 5 rings (SSSR count). The Morgan fingerprint density at radius 3 is 2.47 bits per heavy atom. The average Bonchev–Trinajstić information content (AvgIpc) is 3.35. The van der Waals surface area contributed by atoms with Crippen molar-refractivity contribution in [2.45, 2.75) is 151 Å². The highest BCUT2D eigenvalue weighted by Crippen LogP contribution is 2.42. The molecule has 45 heavy (non-hydrogen) atoms. The first-order valence-corrected chi connectivity index (χ1v) is 21.3. The van der Waals surface area contributed by atoms with E-state index in [0.717, 1.165) is 83.5 Å². The molecule has 1 saturated heterocycles. The van der Waals surface area contributed by atoms with Gasteiger partial charge in [0.15, 0.2) is 8.32 Å². The van der Waals surface area contributed by atoms with Crippen LogP contribution in [0.25, 0.3) is 0 Å². The van der Waals surface area contributed by atoms with Crippen LogP contribution < -0.4 is 21.5 Å². The molecule has 10 nitrogen and oxygen atoms in total. The lowest BCUT2D eigenvalue weighted by Crippen LogP contribution is -2.55. The molecule has 4 fully saturated rings. The van der Waals surface area contributed by atoms with Gasteiger partial charge in [-0.05, 0) is 102 Å². The fourth-order valence-corrected chi connectivity index (χ4v) is 10.9. The number of ether oxygens (including phenoxy) is 1. The first kappa shape index (κ1) is 35.2. The summed E-state index contributed by atoms with van der Waals surface area (Å²) in [5.41, 5.74) is 8.56. The number of unbranched alkanes of at least 4 members (excludes halogenated alkanes) is 1. The Morgan fingerprint density at radius 2 is 1.76 bits per heavy atom. The van der Waals surface area contributed by atoms with Crippen LogP contribution in [0.2, 0.25) is 18.6 Å². The van der Waals surface area contributed by atoms with E-state index < -0.39 is 8.32 Å². The molecular weight excluding hydrogens is 608 g/mol. The zero-order valence-electron chi connectivity index (χ0n) is 28.0. The summed E-state index contributed by atoms with van der Waals surface area (Å²) in [6.45, 7) is 7.38. The third-order valence-corrected chi connectivity index (χ3v) is 14.4. The van der Waals surface area contributed by atoms with Crippen LogP contribution in [-0.2, 0) is 14.3 Å². The van der Waals surface area contributed by atoms with Crippen LogP contribution in [0.4, 0.5) is 0 Å². The summed E-state index contributed by atoms with van der Waals surface area (Å²) < 4.78 is 5.87. The summed E-state index contributed by atoms with van der Waals surface area (Å²) in [5.74, 6) is 0.914. The third-order valence-electron chi connectivity index (χ3n) is 11.5. The molecule has 7 unspecified atom stereocenters. The molecule has 5 N–H and O–H groups in total. The topological polar surface area (TPSA) is 127 Å².